The number of thiophene rings is 1. The maximum atomic E-state index is 11.8. The van der Waals surface area contributed by atoms with Crippen LogP contribution >= 0.6 is 22.9 Å². The summed E-state index contributed by atoms with van der Waals surface area (Å²) >= 11 is 7.05. The minimum Gasteiger partial charge on any atom is -0.393 e. The molecule has 2 rings (SSSR count). The molecule has 0 radical (unpaired) electrons. The molecule has 0 bridgehead atoms. The first-order valence-corrected chi connectivity index (χ1v) is 7.08. The fourth-order valence-electron chi connectivity index (χ4n) is 2.17. The van der Waals surface area contributed by atoms with Gasteiger partial charge in [-0.15, -0.1) is 11.3 Å². The zero-order valence-electron chi connectivity index (χ0n) is 9.49. The third-order valence-corrected chi connectivity index (χ3v) is 4.42. The van der Waals surface area contributed by atoms with Crippen LogP contribution in [0.1, 0.15) is 35.4 Å². The summed E-state index contributed by atoms with van der Waals surface area (Å²) in [6.45, 7) is 0.551. The minimum absolute atomic E-state index is 0.0975. The Morgan fingerprint density at radius 3 is 2.88 bits per heavy atom. The van der Waals surface area contributed by atoms with Crippen molar-refractivity contribution in [3.8, 4) is 0 Å². The molecule has 94 valence electrons. The van der Waals surface area contributed by atoms with E-state index in [0.717, 1.165) is 25.7 Å². The largest absolute Gasteiger partial charge is 0.393 e. The fraction of sp³-hybridized carbons (Fsp3) is 0.583. The van der Waals surface area contributed by atoms with Crippen molar-refractivity contribution in [2.75, 3.05) is 6.54 Å². The maximum Gasteiger partial charge on any atom is 0.261 e. The Balaban J connectivity index is 1.83. The van der Waals surface area contributed by atoms with Crippen molar-refractivity contribution in [2.24, 2.45) is 5.92 Å². The molecule has 3 nitrogen and oxygen atoms in total. The monoisotopic (exact) mass is 273 g/mol. The average Bonchev–Trinajstić information content (AvgIpc) is 2.74. The fourth-order valence-corrected chi connectivity index (χ4v) is 3.13. The number of aliphatic hydroxyl groups is 1. The topological polar surface area (TPSA) is 49.3 Å². The van der Waals surface area contributed by atoms with E-state index in [2.05, 4.69) is 5.32 Å². The summed E-state index contributed by atoms with van der Waals surface area (Å²) in [6, 6.07) is 3.44. The van der Waals surface area contributed by atoms with Crippen molar-refractivity contribution < 1.29 is 9.90 Å². The van der Waals surface area contributed by atoms with Crippen molar-refractivity contribution in [3.63, 3.8) is 0 Å². The van der Waals surface area contributed by atoms with Gasteiger partial charge in [0.25, 0.3) is 5.91 Å². The van der Waals surface area contributed by atoms with Gasteiger partial charge in [-0.3, -0.25) is 4.79 Å². The summed E-state index contributed by atoms with van der Waals surface area (Å²) in [5.41, 5.74) is 0. The third kappa shape index (κ3) is 3.44. The van der Waals surface area contributed by atoms with E-state index in [1.165, 1.54) is 11.3 Å². The summed E-state index contributed by atoms with van der Waals surface area (Å²) in [7, 11) is 0. The van der Waals surface area contributed by atoms with Crippen molar-refractivity contribution in [1.82, 2.24) is 5.32 Å². The van der Waals surface area contributed by atoms with Gasteiger partial charge in [0.15, 0.2) is 0 Å². The predicted octanol–water partition coefficient (Wildman–Crippen LogP) is 2.68. The number of halogens is 1. The number of nitrogens with one attached hydrogen (secondary N) is 1. The van der Waals surface area contributed by atoms with Crippen molar-refractivity contribution in [2.45, 2.75) is 31.8 Å². The number of rotatable bonds is 3. The Kier molecular flexibility index (Phi) is 4.42. The summed E-state index contributed by atoms with van der Waals surface area (Å²) < 4.78 is 0.618. The van der Waals surface area contributed by atoms with E-state index in [-0.39, 0.29) is 17.9 Å². The van der Waals surface area contributed by atoms with Crippen LogP contribution in [0, 0.1) is 5.92 Å². The second kappa shape index (κ2) is 5.85. The summed E-state index contributed by atoms with van der Waals surface area (Å²) in [5, 5.41) is 12.7. The SMILES string of the molecule is O=C(NCC1CCCCC1O)c1ccc(Cl)s1. The zero-order valence-corrected chi connectivity index (χ0v) is 11.1. The van der Waals surface area contributed by atoms with E-state index in [1.807, 2.05) is 0 Å². The minimum atomic E-state index is -0.268. The molecule has 2 atom stereocenters. The van der Waals surface area contributed by atoms with Gasteiger partial charge >= 0.3 is 0 Å². The number of amides is 1. The predicted molar refractivity (Wildman–Crippen MR) is 69.6 cm³/mol. The molecule has 0 saturated heterocycles. The molecule has 1 amide bonds. The molecule has 1 aromatic rings. The maximum absolute atomic E-state index is 11.8. The van der Waals surface area contributed by atoms with Gasteiger partial charge in [-0.2, -0.15) is 0 Å². The number of hydrogen-bond donors (Lipinski definition) is 2. The van der Waals surface area contributed by atoms with Gasteiger partial charge in [-0.05, 0) is 25.0 Å². The highest BCUT2D eigenvalue weighted by Crippen LogP contribution is 2.24. The first kappa shape index (κ1) is 12.9. The highest BCUT2D eigenvalue weighted by molar-refractivity contribution is 7.17. The Labute approximate surface area is 110 Å². The van der Waals surface area contributed by atoms with Gasteiger partial charge in [0, 0.05) is 12.5 Å². The van der Waals surface area contributed by atoms with E-state index < -0.39 is 0 Å². The van der Waals surface area contributed by atoms with Gasteiger partial charge in [0.2, 0.25) is 0 Å². The van der Waals surface area contributed by atoms with Crippen LogP contribution in [0.4, 0.5) is 0 Å². The molecule has 0 aromatic carbocycles. The van der Waals surface area contributed by atoms with E-state index in [4.69, 9.17) is 11.6 Å². The molecule has 1 fully saturated rings. The lowest BCUT2D eigenvalue weighted by molar-refractivity contribution is 0.0664. The van der Waals surface area contributed by atoms with Crippen molar-refractivity contribution in [3.05, 3.63) is 21.3 Å². The molecular weight excluding hydrogens is 258 g/mol. The normalized spacial score (nSPS) is 24.6. The van der Waals surface area contributed by atoms with Crippen LogP contribution in [0.15, 0.2) is 12.1 Å². The van der Waals surface area contributed by atoms with Gasteiger partial charge in [-0.25, -0.2) is 0 Å². The van der Waals surface area contributed by atoms with Crippen LogP contribution < -0.4 is 5.32 Å². The lowest BCUT2D eigenvalue weighted by atomic mass is 9.86. The number of hydrogen-bond acceptors (Lipinski definition) is 3. The van der Waals surface area contributed by atoms with Crippen LogP contribution in [0.3, 0.4) is 0 Å². The molecular formula is C12H16ClNO2S. The Hall–Kier alpha value is -0.580. The van der Waals surface area contributed by atoms with E-state index in [1.54, 1.807) is 12.1 Å². The van der Waals surface area contributed by atoms with Crippen LogP contribution in [-0.4, -0.2) is 23.7 Å². The molecule has 1 aliphatic carbocycles. The molecule has 0 aliphatic heterocycles. The molecule has 0 spiro atoms. The highest BCUT2D eigenvalue weighted by atomic mass is 35.5. The van der Waals surface area contributed by atoms with Gasteiger partial charge in [0.1, 0.15) is 0 Å². The first-order chi connectivity index (χ1) is 8.16. The van der Waals surface area contributed by atoms with E-state index in [9.17, 15) is 9.90 Å². The van der Waals surface area contributed by atoms with E-state index >= 15 is 0 Å². The first-order valence-electron chi connectivity index (χ1n) is 5.88. The highest BCUT2D eigenvalue weighted by Gasteiger charge is 2.23. The molecule has 2 N–H and O–H groups in total. The molecule has 1 aromatic heterocycles. The number of aliphatic hydroxyl groups excluding tert-OH is 1. The van der Waals surface area contributed by atoms with Crippen LogP contribution in [0.25, 0.3) is 0 Å². The Morgan fingerprint density at radius 2 is 2.24 bits per heavy atom. The van der Waals surface area contributed by atoms with Crippen LogP contribution in [-0.2, 0) is 0 Å². The average molecular weight is 274 g/mol. The standard InChI is InChI=1S/C12H16ClNO2S/c13-11-6-5-10(17-11)12(16)14-7-8-3-1-2-4-9(8)15/h5-6,8-9,15H,1-4,7H2,(H,14,16). The quantitative estimate of drug-likeness (QED) is 0.890. The Morgan fingerprint density at radius 1 is 1.47 bits per heavy atom. The molecule has 1 saturated carbocycles. The summed E-state index contributed by atoms with van der Waals surface area (Å²) in [5.74, 6) is 0.0998. The molecule has 1 aliphatic rings. The lowest BCUT2D eigenvalue weighted by Crippen LogP contribution is -2.36. The number of carbonyl (C=O) groups excluding carboxylic acids is 1. The van der Waals surface area contributed by atoms with Crippen LogP contribution in [0.5, 0.6) is 0 Å². The smallest absolute Gasteiger partial charge is 0.261 e. The van der Waals surface area contributed by atoms with E-state index in [0.29, 0.717) is 15.8 Å². The molecule has 5 heteroatoms. The zero-order chi connectivity index (χ0) is 12.3. The molecule has 17 heavy (non-hydrogen) atoms. The van der Waals surface area contributed by atoms with Crippen LogP contribution in [0.2, 0.25) is 4.34 Å². The van der Waals surface area contributed by atoms with Gasteiger partial charge < -0.3 is 10.4 Å². The van der Waals surface area contributed by atoms with Crippen molar-refractivity contribution >= 4 is 28.8 Å². The summed E-state index contributed by atoms with van der Waals surface area (Å²) in [4.78, 5) is 12.4. The second-order valence-electron chi connectivity index (χ2n) is 4.43. The van der Waals surface area contributed by atoms with Gasteiger partial charge in [0.05, 0.1) is 15.3 Å². The molecule has 2 unspecified atom stereocenters. The lowest BCUT2D eigenvalue weighted by Gasteiger charge is -2.27. The van der Waals surface area contributed by atoms with Gasteiger partial charge in [-0.1, -0.05) is 24.4 Å². The second-order valence-corrected chi connectivity index (χ2v) is 6.14. The van der Waals surface area contributed by atoms with Crippen molar-refractivity contribution in [1.29, 1.82) is 0 Å². The molecule has 1 heterocycles. The summed E-state index contributed by atoms with van der Waals surface area (Å²) in [6.07, 6.45) is 3.81. The third-order valence-electron chi connectivity index (χ3n) is 3.19. The number of carbonyl (C=O) groups is 1. The Bertz CT molecular complexity index is 394.